The lowest BCUT2D eigenvalue weighted by Gasteiger charge is -2.16. The normalized spacial score (nSPS) is 15.6. The fourth-order valence-electron chi connectivity index (χ4n) is 1.16. The number of nitrogens with one attached hydrogen (secondary N) is 1. The molecule has 0 radical (unpaired) electrons. The molecule has 0 amide bonds. The van der Waals surface area contributed by atoms with Crippen LogP contribution in [0.15, 0.2) is 23.8 Å². The van der Waals surface area contributed by atoms with Crippen molar-refractivity contribution in [2.45, 2.75) is 33.2 Å². The summed E-state index contributed by atoms with van der Waals surface area (Å²) in [6.45, 7) is 10.2. The SMILES string of the molecule is C=C/C(C)=C(\C)C(CC)NC. The standard InChI is InChI=1S/C10H19N/c1-6-8(3)9(4)10(7-2)11-5/h6,10-11H,1,7H2,2-5H3/b9-8+. The molecule has 0 aromatic heterocycles. The van der Waals surface area contributed by atoms with Crippen LogP contribution < -0.4 is 5.32 Å². The summed E-state index contributed by atoms with van der Waals surface area (Å²) in [5, 5.41) is 3.26. The zero-order valence-electron chi connectivity index (χ0n) is 8.07. The van der Waals surface area contributed by atoms with E-state index >= 15 is 0 Å². The van der Waals surface area contributed by atoms with Crippen molar-refractivity contribution in [2.24, 2.45) is 0 Å². The minimum absolute atomic E-state index is 0.507. The minimum Gasteiger partial charge on any atom is -0.313 e. The molecule has 0 fully saturated rings. The Balaban J connectivity index is 4.40. The first-order valence-electron chi connectivity index (χ1n) is 4.14. The van der Waals surface area contributed by atoms with Crippen molar-refractivity contribution in [3.05, 3.63) is 23.8 Å². The monoisotopic (exact) mass is 153 g/mol. The zero-order valence-corrected chi connectivity index (χ0v) is 8.07. The van der Waals surface area contributed by atoms with E-state index in [9.17, 15) is 0 Å². The first-order valence-corrected chi connectivity index (χ1v) is 4.14. The highest BCUT2D eigenvalue weighted by Crippen LogP contribution is 2.11. The molecule has 0 heterocycles. The second-order valence-corrected chi connectivity index (χ2v) is 2.82. The fourth-order valence-corrected chi connectivity index (χ4v) is 1.16. The highest BCUT2D eigenvalue weighted by molar-refractivity contribution is 5.24. The molecule has 1 atom stereocenters. The van der Waals surface area contributed by atoms with Gasteiger partial charge in [0, 0.05) is 6.04 Å². The summed E-state index contributed by atoms with van der Waals surface area (Å²) in [7, 11) is 1.99. The van der Waals surface area contributed by atoms with E-state index in [-0.39, 0.29) is 0 Å². The summed E-state index contributed by atoms with van der Waals surface area (Å²) < 4.78 is 0. The van der Waals surface area contributed by atoms with Gasteiger partial charge < -0.3 is 5.32 Å². The number of rotatable bonds is 4. The predicted molar refractivity (Wildman–Crippen MR) is 51.7 cm³/mol. The Morgan fingerprint density at radius 2 is 2.09 bits per heavy atom. The van der Waals surface area contributed by atoms with Crippen LogP contribution in [0.25, 0.3) is 0 Å². The second kappa shape index (κ2) is 5.14. The quantitative estimate of drug-likeness (QED) is 0.612. The summed E-state index contributed by atoms with van der Waals surface area (Å²) >= 11 is 0. The van der Waals surface area contributed by atoms with Crippen LogP contribution in [0, 0.1) is 0 Å². The number of allylic oxidation sites excluding steroid dienone is 2. The van der Waals surface area contributed by atoms with Gasteiger partial charge in [-0.2, -0.15) is 0 Å². The Morgan fingerprint density at radius 1 is 1.55 bits per heavy atom. The molecular formula is C10H19N. The van der Waals surface area contributed by atoms with E-state index in [0.29, 0.717) is 6.04 Å². The molecule has 0 aromatic rings. The highest BCUT2D eigenvalue weighted by Gasteiger charge is 2.05. The Morgan fingerprint density at radius 3 is 2.36 bits per heavy atom. The molecule has 0 saturated heterocycles. The summed E-state index contributed by atoms with van der Waals surface area (Å²) in [5.41, 5.74) is 2.68. The number of hydrogen-bond donors (Lipinski definition) is 1. The van der Waals surface area contributed by atoms with Crippen molar-refractivity contribution in [3.63, 3.8) is 0 Å². The molecule has 1 unspecified atom stereocenters. The average Bonchev–Trinajstić information content (AvgIpc) is 2.05. The van der Waals surface area contributed by atoms with Crippen LogP contribution in [-0.2, 0) is 0 Å². The van der Waals surface area contributed by atoms with Gasteiger partial charge in [-0.05, 0) is 27.3 Å². The van der Waals surface area contributed by atoms with E-state index in [1.165, 1.54) is 11.1 Å². The maximum absolute atomic E-state index is 3.75. The Kier molecular flexibility index (Phi) is 4.88. The lowest BCUT2D eigenvalue weighted by molar-refractivity contribution is 0.613. The molecule has 0 bridgehead atoms. The van der Waals surface area contributed by atoms with E-state index in [2.05, 4.69) is 32.7 Å². The van der Waals surface area contributed by atoms with Crippen LogP contribution in [-0.4, -0.2) is 13.1 Å². The third-order valence-electron chi connectivity index (χ3n) is 2.21. The third-order valence-corrected chi connectivity index (χ3v) is 2.21. The van der Waals surface area contributed by atoms with Gasteiger partial charge in [0.05, 0.1) is 0 Å². The molecule has 1 N–H and O–H groups in total. The summed E-state index contributed by atoms with van der Waals surface area (Å²) in [5.74, 6) is 0. The largest absolute Gasteiger partial charge is 0.313 e. The van der Waals surface area contributed by atoms with Crippen LogP contribution in [0.1, 0.15) is 27.2 Å². The Labute approximate surface area is 70.2 Å². The maximum Gasteiger partial charge on any atom is 0.0276 e. The van der Waals surface area contributed by atoms with Gasteiger partial charge >= 0.3 is 0 Å². The molecule has 0 rings (SSSR count). The lowest BCUT2D eigenvalue weighted by Crippen LogP contribution is -2.25. The third kappa shape index (κ3) is 2.89. The zero-order chi connectivity index (χ0) is 8.85. The molecular weight excluding hydrogens is 134 g/mol. The molecule has 0 saturated carbocycles. The minimum atomic E-state index is 0.507. The summed E-state index contributed by atoms with van der Waals surface area (Å²) in [4.78, 5) is 0. The van der Waals surface area contributed by atoms with E-state index in [1.807, 2.05) is 13.1 Å². The van der Waals surface area contributed by atoms with Crippen molar-refractivity contribution >= 4 is 0 Å². The first kappa shape index (κ1) is 10.4. The number of hydrogen-bond acceptors (Lipinski definition) is 1. The molecule has 0 aliphatic rings. The first-order chi connectivity index (χ1) is 5.17. The summed E-state index contributed by atoms with van der Waals surface area (Å²) in [6, 6.07) is 0.507. The van der Waals surface area contributed by atoms with Crippen molar-refractivity contribution in [1.82, 2.24) is 5.32 Å². The fraction of sp³-hybridized carbons (Fsp3) is 0.600. The van der Waals surface area contributed by atoms with E-state index in [0.717, 1.165) is 6.42 Å². The molecule has 64 valence electrons. The van der Waals surface area contributed by atoms with Gasteiger partial charge in [-0.15, -0.1) is 0 Å². The van der Waals surface area contributed by atoms with Gasteiger partial charge in [-0.1, -0.05) is 30.7 Å². The van der Waals surface area contributed by atoms with Gasteiger partial charge in [0.1, 0.15) is 0 Å². The van der Waals surface area contributed by atoms with Gasteiger partial charge in [0.15, 0.2) is 0 Å². The van der Waals surface area contributed by atoms with Crippen LogP contribution in [0.5, 0.6) is 0 Å². The van der Waals surface area contributed by atoms with Crippen molar-refractivity contribution in [1.29, 1.82) is 0 Å². The van der Waals surface area contributed by atoms with E-state index < -0.39 is 0 Å². The molecule has 11 heavy (non-hydrogen) atoms. The van der Waals surface area contributed by atoms with Crippen LogP contribution in [0.2, 0.25) is 0 Å². The summed E-state index contributed by atoms with van der Waals surface area (Å²) in [6.07, 6.45) is 3.04. The Bertz CT molecular complexity index is 152. The van der Waals surface area contributed by atoms with E-state index in [1.54, 1.807) is 0 Å². The second-order valence-electron chi connectivity index (χ2n) is 2.82. The predicted octanol–water partition coefficient (Wildman–Crippen LogP) is 2.51. The van der Waals surface area contributed by atoms with Gasteiger partial charge in [0.25, 0.3) is 0 Å². The van der Waals surface area contributed by atoms with Crippen LogP contribution in [0.4, 0.5) is 0 Å². The molecule has 1 nitrogen and oxygen atoms in total. The van der Waals surface area contributed by atoms with Gasteiger partial charge in [0.2, 0.25) is 0 Å². The Hall–Kier alpha value is -0.560. The van der Waals surface area contributed by atoms with E-state index in [4.69, 9.17) is 0 Å². The number of likely N-dealkylation sites (N-methyl/N-ethyl adjacent to an activating group) is 1. The average molecular weight is 153 g/mol. The van der Waals surface area contributed by atoms with Crippen molar-refractivity contribution in [3.8, 4) is 0 Å². The highest BCUT2D eigenvalue weighted by atomic mass is 14.9. The van der Waals surface area contributed by atoms with Crippen LogP contribution in [0.3, 0.4) is 0 Å². The van der Waals surface area contributed by atoms with Crippen molar-refractivity contribution < 1.29 is 0 Å². The lowest BCUT2D eigenvalue weighted by atomic mass is 10.0. The van der Waals surface area contributed by atoms with Gasteiger partial charge in [-0.3, -0.25) is 0 Å². The van der Waals surface area contributed by atoms with Gasteiger partial charge in [-0.25, -0.2) is 0 Å². The molecule has 0 spiro atoms. The topological polar surface area (TPSA) is 12.0 Å². The molecule has 0 aromatic carbocycles. The van der Waals surface area contributed by atoms with Crippen LogP contribution >= 0.6 is 0 Å². The van der Waals surface area contributed by atoms with Crippen molar-refractivity contribution in [2.75, 3.05) is 7.05 Å². The maximum atomic E-state index is 3.75. The molecule has 1 heteroatoms. The molecule has 0 aliphatic carbocycles. The molecule has 0 aliphatic heterocycles. The smallest absolute Gasteiger partial charge is 0.0276 e.